The van der Waals surface area contributed by atoms with Crippen molar-refractivity contribution in [3.05, 3.63) is 70.8 Å². The van der Waals surface area contributed by atoms with Crippen LogP contribution in [0.15, 0.2) is 54.1 Å². The Labute approximate surface area is 182 Å². The van der Waals surface area contributed by atoms with Crippen LogP contribution in [0, 0.1) is 6.92 Å². The van der Waals surface area contributed by atoms with Crippen molar-refractivity contribution < 1.29 is 19.4 Å². The largest absolute Gasteiger partial charge is 0.507 e. The zero-order valence-electron chi connectivity index (χ0n) is 18.2. The van der Waals surface area contributed by atoms with Crippen molar-refractivity contribution in [1.82, 2.24) is 4.90 Å². The Hall–Kier alpha value is -3.12. The van der Waals surface area contributed by atoms with E-state index in [2.05, 4.69) is 0 Å². The van der Waals surface area contributed by atoms with Gasteiger partial charge in [-0.25, -0.2) is 0 Å². The Balaban J connectivity index is 1.80. The van der Waals surface area contributed by atoms with E-state index in [0.717, 1.165) is 29.7 Å². The molecule has 0 unspecified atom stereocenters. The van der Waals surface area contributed by atoms with Crippen molar-refractivity contribution in [2.45, 2.75) is 31.9 Å². The first-order valence-electron chi connectivity index (χ1n) is 10.6. The van der Waals surface area contributed by atoms with Gasteiger partial charge in [0.25, 0.3) is 11.7 Å². The summed E-state index contributed by atoms with van der Waals surface area (Å²) >= 11 is 0. The average Bonchev–Trinajstić information content (AvgIpc) is 3.36. The lowest BCUT2D eigenvalue weighted by Gasteiger charge is -2.28. The molecule has 4 rings (SSSR count). The fraction of sp³-hybridized carbons (Fsp3) is 0.360. The van der Waals surface area contributed by atoms with Crippen molar-refractivity contribution >= 4 is 23.1 Å². The van der Waals surface area contributed by atoms with E-state index in [9.17, 15) is 14.7 Å². The highest BCUT2D eigenvalue weighted by Gasteiger charge is 2.47. The number of amides is 1. The molecule has 0 bridgehead atoms. The van der Waals surface area contributed by atoms with Crippen molar-refractivity contribution in [2.75, 3.05) is 32.1 Å². The number of ketones is 1. The number of hydrogen-bond donors (Lipinski definition) is 1. The van der Waals surface area contributed by atoms with Gasteiger partial charge in [-0.15, -0.1) is 0 Å². The molecule has 31 heavy (non-hydrogen) atoms. The third-order valence-electron chi connectivity index (χ3n) is 6.01. The number of anilines is 1. The minimum Gasteiger partial charge on any atom is -0.507 e. The molecule has 2 atom stereocenters. The van der Waals surface area contributed by atoms with Gasteiger partial charge < -0.3 is 19.6 Å². The molecule has 6 nitrogen and oxygen atoms in total. The molecule has 0 radical (unpaired) electrons. The number of aryl methyl sites for hydroxylation is 1. The maximum absolute atomic E-state index is 13.1. The van der Waals surface area contributed by atoms with Crippen molar-refractivity contribution in [3.8, 4) is 0 Å². The molecule has 1 amide bonds. The fourth-order valence-electron chi connectivity index (χ4n) is 4.24. The summed E-state index contributed by atoms with van der Waals surface area (Å²) in [4.78, 5) is 29.6. The number of hydrogen-bond acceptors (Lipinski definition) is 5. The van der Waals surface area contributed by atoms with Crippen LogP contribution in [-0.4, -0.2) is 55.0 Å². The zero-order valence-corrected chi connectivity index (χ0v) is 18.2. The van der Waals surface area contributed by atoms with Crippen LogP contribution < -0.4 is 4.90 Å². The van der Waals surface area contributed by atoms with Gasteiger partial charge in [-0.3, -0.25) is 9.59 Å². The second-order valence-corrected chi connectivity index (χ2v) is 8.44. The molecule has 0 spiro atoms. The van der Waals surface area contributed by atoms with Crippen LogP contribution in [0.1, 0.15) is 35.6 Å². The number of aliphatic hydroxyl groups excluding tert-OH is 1. The molecule has 2 heterocycles. The highest BCUT2D eigenvalue weighted by molar-refractivity contribution is 6.46. The van der Waals surface area contributed by atoms with E-state index < -0.39 is 17.7 Å². The molecule has 0 saturated carbocycles. The van der Waals surface area contributed by atoms with Crippen LogP contribution >= 0.6 is 0 Å². The van der Waals surface area contributed by atoms with Crippen molar-refractivity contribution in [1.29, 1.82) is 0 Å². The van der Waals surface area contributed by atoms with Crippen LogP contribution in [0.5, 0.6) is 0 Å². The fourth-order valence-corrected chi connectivity index (χ4v) is 4.24. The highest BCUT2D eigenvalue weighted by Crippen LogP contribution is 2.40. The lowest BCUT2D eigenvalue weighted by molar-refractivity contribution is -0.140. The summed E-state index contributed by atoms with van der Waals surface area (Å²) in [5.41, 5.74) is 3.50. The smallest absolute Gasteiger partial charge is 0.295 e. The van der Waals surface area contributed by atoms with Crippen LogP contribution in [0.3, 0.4) is 0 Å². The molecular formula is C25H28N2O4. The second-order valence-electron chi connectivity index (χ2n) is 8.44. The number of rotatable bonds is 5. The molecule has 2 fully saturated rings. The number of likely N-dealkylation sites (tertiary alicyclic amines) is 1. The van der Waals surface area contributed by atoms with E-state index in [1.807, 2.05) is 62.3 Å². The van der Waals surface area contributed by atoms with E-state index in [4.69, 9.17) is 4.74 Å². The number of benzene rings is 2. The summed E-state index contributed by atoms with van der Waals surface area (Å²) in [6.07, 6.45) is 1.70. The molecule has 6 heteroatoms. The predicted octanol–water partition coefficient (Wildman–Crippen LogP) is 3.66. The van der Waals surface area contributed by atoms with E-state index in [1.165, 1.54) is 0 Å². The quantitative estimate of drug-likeness (QED) is 0.454. The SMILES string of the molecule is Cc1ccc(C(O)=C2C(=O)C(=O)N(C[C@@H]3CCCO3)[C@@H]2c2ccc(N(C)C)cc2)cc1. The number of ether oxygens (including phenoxy) is 1. The maximum atomic E-state index is 13.1. The zero-order chi connectivity index (χ0) is 22.1. The maximum Gasteiger partial charge on any atom is 0.295 e. The summed E-state index contributed by atoms with van der Waals surface area (Å²) < 4.78 is 5.74. The topological polar surface area (TPSA) is 70.1 Å². The molecule has 162 valence electrons. The van der Waals surface area contributed by atoms with Crippen LogP contribution in [-0.2, 0) is 14.3 Å². The first kappa shape index (κ1) is 21.1. The summed E-state index contributed by atoms with van der Waals surface area (Å²) in [6.45, 7) is 2.95. The van der Waals surface area contributed by atoms with Gasteiger partial charge in [0, 0.05) is 38.5 Å². The number of aliphatic hydroxyl groups is 1. The second kappa shape index (κ2) is 8.55. The Morgan fingerprint density at radius 1 is 1.10 bits per heavy atom. The molecule has 2 saturated heterocycles. The number of carbonyl (C=O) groups excluding carboxylic acids is 2. The molecular weight excluding hydrogens is 392 g/mol. The molecule has 0 aromatic heterocycles. The summed E-state index contributed by atoms with van der Waals surface area (Å²) in [5.74, 6) is -1.39. The monoisotopic (exact) mass is 420 g/mol. The average molecular weight is 421 g/mol. The van der Waals surface area contributed by atoms with E-state index in [0.29, 0.717) is 18.7 Å². The standard InChI is InChI=1S/C25H28N2O4/c1-16-6-8-18(9-7-16)23(28)21-22(17-10-12-19(13-11-17)26(2)3)27(25(30)24(21)29)15-20-5-4-14-31-20/h6-13,20,22,28H,4-5,14-15H2,1-3H3/t20-,22+/m0/s1. The molecule has 2 aromatic carbocycles. The van der Waals surface area contributed by atoms with Gasteiger partial charge in [-0.05, 0) is 37.5 Å². The third-order valence-corrected chi connectivity index (χ3v) is 6.01. The molecule has 2 aromatic rings. The van der Waals surface area contributed by atoms with E-state index in [1.54, 1.807) is 17.0 Å². The van der Waals surface area contributed by atoms with Crippen LogP contribution in [0.25, 0.3) is 5.76 Å². The molecule has 2 aliphatic rings. The van der Waals surface area contributed by atoms with Gasteiger partial charge in [-0.2, -0.15) is 0 Å². The van der Waals surface area contributed by atoms with Crippen LogP contribution in [0.4, 0.5) is 5.69 Å². The summed E-state index contributed by atoms with van der Waals surface area (Å²) in [5, 5.41) is 11.1. The normalized spacial score (nSPS) is 22.9. The Morgan fingerprint density at radius 2 is 1.77 bits per heavy atom. The first-order valence-corrected chi connectivity index (χ1v) is 10.6. The predicted molar refractivity (Wildman–Crippen MR) is 120 cm³/mol. The van der Waals surface area contributed by atoms with Gasteiger partial charge >= 0.3 is 0 Å². The van der Waals surface area contributed by atoms with Gasteiger partial charge in [-0.1, -0.05) is 42.0 Å². The highest BCUT2D eigenvalue weighted by atomic mass is 16.5. The van der Waals surface area contributed by atoms with Crippen molar-refractivity contribution in [3.63, 3.8) is 0 Å². The van der Waals surface area contributed by atoms with Gasteiger partial charge in [0.05, 0.1) is 17.7 Å². The third kappa shape index (κ3) is 4.08. The van der Waals surface area contributed by atoms with Gasteiger partial charge in [0.1, 0.15) is 5.76 Å². The molecule has 0 aliphatic carbocycles. The summed E-state index contributed by atoms with van der Waals surface area (Å²) in [6, 6.07) is 14.4. The number of carbonyl (C=O) groups is 2. The molecule has 1 N–H and O–H groups in total. The lowest BCUT2D eigenvalue weighted by Crippen LogP contribution is -2.36. The Bertz CT molecular complexity index is 1000. The van der Waals surface area contributed by atoms with Gasteiger partial charge in [0.15, 0.2) is 0 Å². The summed E-state index contributed by atoms with van der Waals surface area (Å²) in [7, 11) is 3.91. The Morgan fingerprint density at radius 3 is 2.35 bits per heavy atom. The lowest BCUT2D eigenvalue weighted by atomic mass is 9.94. The van der Waals surface area contributed by atoms with Crippen LogP contribution in [0.2, 0.25) is 0 Å². The minimum absolute atomic E-state index is 0.0961. The number of nitrogens with zero attached hydrogens (tertiary/aromatic N) is 2. The van der Waals surface area contributed by atoms with E-state index in [-0.39, 0.29) is 17.4 Å². The first-order chi connectivity index (χ1) is 14.9. The van der Waals surface area contributed by atoms with Gasteiger partial charge in [0.2, 0.25) is 0 Å². The van der Waals surface area contributed by atoms with Crippen molar-refractivity contribution in [2.24, 2.45) is 0 Å². The molecule has 2 aliphatic heterocycles. The minimum atomic E-state index is -0.655. The Kier molecular flexibility index (Phi) is 5.83. The van der Waals surface area contributed by atoms with E-state index >= 15 is 0 Å². The number of Topliss-reactive ketones (excluding diaryl/α,β-unsaturated/α-hetero) is 1.